The summed E-state index contributed by atoms with van der Waals surface area (Å²) in [5.74, 6) is 1.10. The Hall–Kier alpha value is -1.63. The minimum atomic E-state index is -0.746. The average molecular weight is 364 g/mol. The van der Waals surface area contributed by atoms with E-state index in [4.69, 9.17) is 16.2 Å². The maximum atomic E-state index is 12.6. The number of amides is 1. The normalized spacial score (nSPS) is 35.3. The second-order valence-electron chi connectivity index (χ2n) is 8.46. The van der Waals surface area contributed by atoms with Gasteiger partial charge in [-0.3, -0.25) is 19.9 Å². The van der Waals surface area contributed by atoms with Crippen LogP contribution in [0.5, 0.6) is 0 Å². The lowest BCUT2D eigenvalue weighted by atomic mass is 9.73. The molecule has 2 aliphatic carbocycles. The second-order valence-corrected chi connectivity index (χ2v) is 8.46. The lowest BCUT2D eigenvalue weighted by molar-refractivity contribution is -0.139. The molecule has 7 heteroatoms. The Bertz CT molecular complexity index is 545. The van der Waals surface area contributed by atoms with Crippen LogP contribution in [0.1, 0.15) is 51.4 Å². The van der Waals surface area contributed by atoms with Crippen LogP contribution in [0.2, 0.25) is 0 Å². The Kier molecular flexibility index (Phi) is 6.16. The van der Waals surface area contributed by atoms with E-state index in [1.807, 2.05) is 0 Å². The Morgan fingerprint density at radius 3 is 2.38 bits per heavy atom. The number of carbonyl (C=O) groups excluding carboxylic acids is 1. The molecule has 26 heavy (non-hydrogen) atoms. The number of hydrogen-bond donors (Lipinski definition) is 4. The number of carboxylic acid groups (broad SMARTS) is 1. The molecule has 3 atom stereocenters. The summed E-state index contributed by atoms with van der Waals surface area (Å²) in [6.45, 7) is 1.88. The third kappa shape index (κ3) is 4.75. The van der Waals surface area contributed by atoms with Crippen molar-refractivity contribution in [2.75, 3.05) is 19.6 Å². The van der Waals surface area contributed by atoms with Gasteiger partial charge in [-0.25, -0.2) is 0 Å². The smallest absolute Gasteiger partial charge is 0.317 e. The summed E-state index contributed by atoms with van der Waals surface area (Å²) in [4.78, 5) is 25.6. The van der Waals surface area contributed by atoms with E-state index in [2.05, 4.69) is 10.2 Å². The number of rotatable bonds is 5. The minimum absolute atomic E-state index is 0.0701. The van der Waals surface area contributed by atoms with Gasteiger partial charge in [0.25, 0.3) is 0 Å². The number of nitrogens with zero attached hydrogens (tertiary/aromatic N) is 1. The predicted molar refractivity (Wildman–Crippen MR) is 98.8 cm³/mol. The minimum Gasteiger partial charge on any atom is -0.480 e. The van der Waals surface area contributed by atoms with E-state index in [1.165, 1.54) is 0 Å². The molecule has 0 spiro atoms. The zero-order valence-corrected chi connectivity index (χ0v) is 15.5. The molecule has 0 aromatic carbocycles. The van der Waals surface area contributed by atoms with Crippen LogP contribution in [0.15, 0.2) is 0 Å². The monoisotopic (exact) mass is 364 g/mol. The number of aliphatic carboxylic acids is 1. The van der Waals surface area contributed by atoms with Gasteiger partial charge in [-0.15, -0.1) is 0 Å². The molecular weight excluding hydrogens is 332 g/mol. The van der Waals surface area contributed by atoms with Gasteiger partial charge < -0.3 is 16.2 Å². The molecule has 3 unspecified atom stereocenters. The molecular formula is C19H32N4O3. The van der Waals surface area contributed by atoms with Crippen molar-refractivity contribution >= 4 is 17.7 Å². The van der Waals surface area contributed by atoms with Crippen LogP contribution in [0.25, 0.3) is 0 Å². The summed E-state index contributed by atoms with van der Waals surface area (Å²) < 4.78 is 0. The van der Waals surface area contributed by atoms with E-state index >= 15 is 0 Å². The first-order valence-electron chi connectivity index (χ1n) is 10.0. The highest BCUT2D eigenvalue weighted by Crippen LogP contribution is 2.37. The van der Waals surface area contributed by atoms with Crippen molar-refractivity contribution in [3.63, 3.8) is 0 Å². The SMILES string of the molecule is N=C(N)C1CCC(C(=O)NC2CCC3CN(CC(=O)O)CCC3C2)CC1. The van der Waals surface area contributed by atoms with E-state index in [9.17, 15) is 9.59 Å². The molecule has 3 aliphatic rings. The Labute approximate surface area is 155 Å². The fraction of sp³-hybridized carbons (Fsp3) is 0.842. The number of piperidine rings is 1. The van der Waals surface area contributed by atoms with Crippen LogP contribution in [-0.2, 0) is 9.59 Å². The maximum absolute atomic E-state index is 12.6. The van der Waals surface area contributed by atoms with Gasteiger partial charge in [-0.2, -0.15) is 0 Å². The fourth-order valence-electron chi connectivity index (χ4n) is 5.14. The van der Waals surface area contributed by atoms with E-state index < -0.39 is 5.97 Å². The van der Waals surface area contributed by atoms with Crippen molar-refractivity contribution in [2.24, 2.45) is 29.4 Å². The average Bonchev–Trinajstić information content (AvgIpc) is 2.61. The summed E-state index contributed by atoms with van der Waals surface area (Å²) in [6.07, 6.45) is 7.50. The number of hydrogen-bond acceptors (Lipinski definition) is 4. The van der Waals surface area contributed by atoms with Gasteiger partial charge in [0.05, 0.1) is 12.4 Å². The second kappa shape index (κ2) is 8.37. The van der Waals surface area contributed by atoms with Crippen molar-refractivity contribution in [1.29, 1.82) is 5.41 Å². The van der Waals surface area contributed by atoms with Crippen LogP contribution in [0, 0.1) is 29.1 Å². The van der Waals surface area contributed by atoms with E-state index in [0.717, 1.165) is 64.5 Å². The highest BCUT2D eigenvalue weighted by molar-refractivity contribution is 5.81. The van der Waals surface area contributed by atoms with Crippen molar-refractivity contribution in [3.05, 3.63) is 0 Å². The highest BCUT2D eigenvalue weighted by Gasteiger charge is 2.36. The zero-order chi connectivity index (χ0) is 18.7. The standard InChI is InChI=1S/C19H32N4O3/c20-18(21)12-1-3-13(4-2-12)19(26)22-16-6-5-15-10-23(11-17(24)25)8-7-14(15)9-16/h12-16H,1-11H2,(H3,20,21)(H,22,26)(H,24,25). The summed E-state index contributed by atoms with van der Waals surface area (Å²) >= 11 is 0. The Morgan fingerprint density at radius 2 is 1.73 bits per heavy atom. The molecule has 1 amide bonds. The molecule has 0 bridgehead atoms. The van der Waals surface area contributed by atoms with Gasteiger partial charge in [0.1, 0.15) is 0 Å². The fourth-order valence-corrected chi connectivity index (χ4v) is 5.14. The first kappa shape index (κ1) is 19.1. The molecule has 146 valence electrons. The van der Waals surface area contributed by atoms with Gasteiger partial charge in [0, 0.05) is 24.4 Å². The third-order valence-corrected chi connectivity index (χ3v) is 6.69. The summed E-state index contributed by atoms with van der Waals surface area (Å²) in [6, 6.07) is 0.264. The Morgan fingerprint density at radius 1 is 1.04 bits per heavy atom. The number of likely N-dealkylation sites (tertiary alicyclic amines) is 1. The third-order valence-electron chi connectivity index (χ3n) is 6.69. The molecule has 1 saturated heterocycles. The maximum Gasteiger partial charge on any atom is 0.317 e. The first-order valence-corrected chi connectivity index (χ1v) is 10.0. The highest BCUT2D eigenvalue weighted by atomic mass is 16.4. The first-order chi connectivity index (χ1) is 12.4. The number of carbonyl (C=O) groups is 2. The lowest BCUT2D eigenvalue weighted by Gasteiger charge is -2.43. The van der Waals surface area contributed by atoms with Crippen molar-refractivity contribution < 1.29 is 14.7 Å². The topological polar surface area (TPSA) is 120 Å². The van der Waals surface area contributed by atoms with Crippen LogP contribution in [0.4, 0.5) is 0 Å². The van der Waals surface area contributed by atoms with Crippen LogP contribution >= 0.6 is 0 Å². The largest absolute Gasteiger partial charge is 0.480 e. The number of carboxylic acids is 1. The van der Waals surface area contributed by atoms with Crippen molar-refractivity contribution in [1.82, 2.24) is 10.2 Å². The van der Waals surface area contributed by atoms with Gasteiger partial charge in [0.15, 0.2) is 0 Å². The summed E-state index contributed by atoms with van der Waals surface area (Å²) in [5.41, 5.74) is 5.58. The zero-order valence-electron chi connectivity index (χ0n) is 15.5. The van der Waals surface area contributed by atoms with Gasteiger partial charge in [0.2, 0.25) is 5.91 Å². The molecule has 7 nitrogen and oxygen atoms in total. The summed E-state index contributed by atoms with van der Waals surface area (Å²) in [5, 5.41) is 19.8. The molecule has 3 rings (SSSR count). The number of nitrogens with one attached hydrogen (secondary N) is 2. The molecule has 0 aromatic heterocycles. The van der Waals surface area contributed by atoms with E-state index in [-0.39, 0.29) is 36.2 Å². The van der Waals surface area contributed by atoms with Gasteiger partial charge in [-0.05, 0) is 69.7 Å². The van der Waals surface area contributed by atoms with Crippen molar-refractivity contribution in [2.45, 2.75) is 57.4 Å². The molecule has 3 fully saturated rings. The predicted octanol–water partition coefficient (Wildman–Crippen LogP) is 1.42. The van der Waals surface area contributed by atoms with E-state index in [1.54, 1.807) is 0 Å². The van der Waals surface area contributed by atoms with Gasteiger partial charge in [-0.1, -0.05) is 0 Å². The lowest BCUT2D eigenvalue weighted by Crippen LogP contribution is -2.49. The number of fused-ring (bicyclic) bond motifs is 1. The van der Waals surface area contributed by atoms with Crippen LogP contribution in [0.3, 0.4) is 0 Å². The molecule has 0 radical (unpaired) electrons. The van der Waals surface area contributed by atoms with Crippen LogP contribution < -0.4 is 11.1 Å². The van der Waals surface area contributed by atoms with Crippen molar-refractivity contribution in [3.8, 4) is 0 Å². The van der Waals surface area contributed by atoms with Crippen LogP contribution in [-0.4, -0.2) is 53.4 Å². The molecule has 5 N–H and O–H groups in total. The van der Waals surface area contributed by atoms with Gasteiger partial charge >= 0.3 is 5.97 Å². The Balaban J connectivity index is 1.43. The number of nitrogens with two attached hydrogens (primary N) is 1. The number of amidine groups is 1. The summed E-state index contributed by atoms with van der Waals surface area (Å²) in [7, 11) is 0. The molecule has 0 aromatic rings. The molecule has 1 heterocycles. The molecule has 1 aliphatic heterocycles. The van der Waals surface area contributed by atoms with E-state index in [0.29, 0.717) is 11.8 Å². The molecule has 2 saturated carbocycles. The quantitative estimate of drug-likeness (QED) is 0.434.